The Morgan fingerprint density at radius 1 is 1.43 bits per heavy atom. The molecule has 2 N–H and O–H groups in total. The van der Waals surface area contributed by atoms with E-state index in [1.165, 1.54) is 12.1 Å². The summed E-state index contributed by atoms with van der Waals surface area (Å²) in [6.07, 6.45) is 2.53. The Kier molecular flexibility index (Phi) is 5.01. The van der Waals surface area contributed by atoms with Crippen LogP contribution in [0.15, 0.2) is 18.2 Å². The predicted octanol–water partition coefficient (Wildman–Crippen LogP) is 2.95. The van der Waals surface area contributed by atoms with Gasteiger partial charge in [0.15, 0.2) is 0 Å². The first-order chi connectivity index (χ1) is 9.95. The maximum Gasteiger partial charge on any atom is 0.275 e. The minimum absolute atomic E-state index is 0.00243. The normalized spacial score (nSPS) is 21.5. The Balaban J connectivity index is 2.09. The van der Waals surface area contributed by atoms with E-state index in [1.54, 1.807) is 6.07 Å². The van der Waals surface area contributed by atoms with Crippen molar-refractivity contribution in [2.24, 2.45) is 5.92 Å². The number of non-ortho nitro benzene ring substituents is 1. The third-order valence-electron chi connectivity index (χ3n) is 3.66. The average molecular weight is 294 g/mol. The van der Waals surface area contributed by atoms with E-state index in [2.05, 4.69) is 5.32 Å². The zero-order valence-corrected chi connectivity index (χ0v) is 12.4. The molecular formula is C15H22N2O4. The molecule has 0 amide bonds. The number of hydrogen-bond donors (Lipinski definition) is 2. The van der Waals surface area contributed by atoms with Crippen LogP contribution in [0.3, 0.4) is 0 Å². The van der Waals surface area contributed by atoms with Gasteiger partial charge in [-0.3, -0.25) is 10.1 Å². The first-order valence-electron chi connectivity index (χ1n) is 7.34. The van der Waals surface area contributed by atoms with Gasteiger partial charge in [-0.1, -0.05) is 6.42 Å². The standard InChI is InChI=1S/C15H22N2O4/c1-10(2)21-14-7-12(6-13(8-14)17(19)20)16-9-11-4-3-5-15(11)18/h6-8,10-11,15-16,18H,3-5,9H2,1-2H3. The van der Waals surface area contributed by atoms with Gasteiger partial charge in [-0.05, 0) is 26.7 Å². The summed E-state index contributed by atoms with van der Waals surface area (Å²) in [5.74, 6) is 0.687. The molecule has 0 heterocycles. The Morgan fingerprint density at radius 2 is 2.19 bits per heavy atom. The van der Waals surface area contributed by atoms with E-state index in [9.17, 15) is 15.2 Å². The molecule has 6 heteroatoms. The number of nitrogens with one attached hydrogen (secondary N) is 1. The van der Waals surface area contributed by atoms with Crippen LogP contribution in [0.2, 0.25) is 0 Å². The van der Waals surface area contributed by atoms with Crippen LogP contribution in [-0.2, 0) is 0 Å². The molecule has 2 atom stereocenters. The van der Waals surface area contributed by atoms with Gasteiger partial charge in [-0.25, -0.2) is 0 Å². The molecule has 1 aliphatic carbocycles. The van der Waals surface area contributed by atoms with E-state index in [-0.39, 0.29) is 23.8 Å². The summed E-state index contributed by atoms with van der Waals surface area (Å²) >= 11 is 0. The highest BCUT2D eigenvalue weighted by Gasteiger charge is 2.25. The lowest BCUT2D eigenvalue weighted by atomic mass is 10.1. The quantitative estimate of drug-likeness (QED) is 0.622. The molecule has 1 saturated carbocycles. The van der Waals surface area contributed by atoms with Gasteiger partial charge in [0.1, 0.15) is 5.75 Å². The molecular weight excluding hydrogens is 272 g/mol. The summed E-state index contributed by atoms with van der Waals surface area (Å²) in [5, 5.41) is 24.0. The van der Waals surface area contributed by atoms with Crippen LogP contribution in [0, 0.1) is 16.0 Å². The number of nitro groups is 1. The molecule has 1 aromatic carbocycles. The van der Waals surface area contributed by atoms with Crippen molar-refractivity contribution in [3.8, 4) is 5.75 Å². The first kappa shape index (κ1) is 15.6. The Hall–Kier alpha value is -1.82. The summed E-state index contributed by atoms with van der Waals surface area (Å²) in [4.78, 5) is 10.6. The van der Waals surface area contributed by atoms with Crippen LogP contribution < -0.4 is 10.1 Å². The van der Waals surface area contributed by atoms with Crippen molar-refractivity contribution in [1.82, 2.24) is 0 Å². The Morgan fingerprint density at radius 3 is 2.76 bits per heavy atom. The molecule has 0 spiro atoms. The molecule has 1 aliphatic rings. The van der Waals surface area contributed by atoms with Gasteiger partial charge >= 0.3 is 0 Å². The summed E-state index contributed by atoms with van der Waals surface area (Å²) in [5.41, 5.74) is 0.654. The SMILES string of the molecule is CC(C)Oc1cc(NCC2CCCC2O)cc([N+](=O)[O-])c1. The Labute approximate surface area is 124 Å². The molecule has 1 fully saturated rings. The third kappa shape index (κ3) is 4.32. The highest BCUT2D eigenvalue weighted by Crippen LogP contribution is 2.29. The van der Waals surface area contributed by atoms with Gasteiger partial charge in [0.05, 0.1) is 23.2 Å². The predicted molar refractivity (Wildman–Crippen MR) is 80.7 cm³/mol. The minimum Gasteiger partial charge on any atom is -0.491 e. The number of aliphatic hydroxyl groups excluding tert-OH is 1. The molecule has 0 radical (unpaired) electrons. The van der Waals surface area contributed by atoms with E-state index in [0.29, 0.717) is 18.0 Å². The van der Waals surface area contributed by atoms with E-state index in [1.807, 2.05) is 13.8 Å². The molecule has 0 aromatic heterocycles. The molecule has 0 bridgehead atoms. The summed E-state index contributed by atoms with van der Waals surface area (Å²) < 4.78 is 5.54. The monoisotopic (exact) mass is 294 g/mol. The number of hydrogen-bond acceptors (Lipinski definition) is 5. The van der Waals surface area contributed by atoms with Crippen molar-refractivity contribution in [2.45, 2.75) is 45.3 Å². The lowest BCUT2D eigenvalue weighted by molar-refractivity contribution is -0.384. The van der Waals surface area contributed by atoms with Crippen molar-refractivity contribution in [2.75, 3.05) is 11.9 Å². The largest absolute Gasteiger partial charge is 0.491 e. The van der Waals surface area contributed by atoms with Gasteiger partial charge in [-0.2, -0.15) is 0 Å². The van der Waals surface area contributed by atoms with Gasteiger partial charge in [0.25, 0.3) is 5.69 Å². The molecule has 0 saturated heterocycles. The molecule has 0 aliphatic heterocycles. The highest BCUT2D eigenvalue weighted by molar-refractivity contribution is 5.56. The van der Waals surface area contributed by atoms with E-state index < -0.39 is 4.92 Å². The van der Waals surface area contributed by atoms with Crippen LogP contribution in [0.5, 0.6) is 5.75 Å². The van der Waals surface area contributed by atoms with Gasteiger partial charge in [0, 0.05) is 30.3 Å². The average Bonchev–Trinajstić information content (AvgIpc) is 2.81. The molecule has 2 rings (SSSR count). The van der Waals surface area contributed by atoms with Gasteiger partial charge in [0.2, 0.25) is 0 Å². The molecule has 2 unspecified atom stereocenters. The van der Waals surface area contributed by atoms with Crippen molar-refractivity contribution < 1.29 is 14.8 Å². The fourth-order valence-electron chi connectivity index (χ4n) is 2.64. The lowest BCUT2D eigenvalue weighted by Gasteiger charge is -2.17. The molecule has 21 heavy (non-hydrogen) atoms. The van der Waals surface area contributed by atoms with E-state index >= 15 is 0 Å². The number of nitrogens with zero attached hydrogens (tertiary/aromatic N) is 1. The number of aliphatic hydroxyl groups is 1. The zero-order valence-electron chi connectivity index (χ0n) is 12.4. The van der Waals surface area contributed by atoms with E-state index in [4.69, 9.17) is 4.74 Å². The zero-order chi connectivity index (χ0) is 15.4. The van der Waals surface area contributed by atoms with Crippen molar-refractivity contribution in [3.63, 3.8) is 0 Å². The Bertz CT molecular complexity index is 504. The van der Waals surface area contributed by atoms with Crippen molar-refractivity contribution in [1.29, 1.82) is 0 Å². The molecule has 1 aromatic rings. The maximum absolute atomic E-state index is 11.0. The topological polar surface area (TPSA) is 84.6 Å². The number of anilines is 1. The highest BCUT2D eigenvalue weighted by atomic mass is 16.6. The van der Waals surface area contributed by atoms with Gasteiger partial charge < -0.3 is 15.2 Å². The number of benzene rings is 1. The number of nitro benzene ring substituents is 1. The van der Waals surface area contributed by atoms with Crippen LogP contribution in [0.25, 0.3) is 0 Å². The number of ether oxygens (including phenoxy) is 1. The summed E-state index contributed by atoms with van der Waals surface area (Å²) in [6.45, 7) is 4.37. The number of rotatable bonds is 6. The second-order valence-electron chi connectivity index (χ2n) is 5.78. The third-order valence-corrected chi connectivity index (χ3v) is 3.66. The summed E-state index contributed by atoms with van der Waals surface area (Å²) in [6, 6.07) is 4.68. The first-order valence-corrected chi connectivity index (χ1v) is 7.34. The van der Waals surface area contributed by atoms with Crippen LogP contribution in [0.1, 0.15) is 33.1 Å². The minimum atomic E-state index is -0.428. The second kappa shape index (κ2) is 6.76. The van der Waals surface area contributed by atoms with Crippen LogP contribution in [-0.4, -0.2) is 28.8 Å². The molecule has 116 valence electrons. The summed E-state index contributed by atoms with van der Waals surface area (Å²) in [7, 11) is 0. The molecule has 6 nitrogen and oxygen atoms in total. The maximum atomic E-state index is 11.0. The smallest absolute Gasteiger partial charge is 0.275 e. The fraction of sp³-hybridized carbons (Fsp3) is 0.600. The van der Waals surface area contributed by atoms with Crippen LogP contribution in [0.4, 0.5) is 11.4 Å². The lowest BCUT2D eigenvalue weighted by Crippen LogP contribution is -2.22. The van der Waals surface area contributed by atoms with Crippen molar-refractivity contribution >= 4 is 11.4 Å². The van der Waals surface area contributed by atoms with Crippen molar-refractivity contribution in [3.05, 3.63) is 28.3 Å². The second-order valence-corrected chi connectivity index (χ2v) is 5.78. The van der Waals surface area contributed by atoms with E-state index in [0.717, 1.165) is 19.3 Å². The fourth-order valence-corrected chi connectivity index (χ4v) is 2.64. The van der Waals surface area contributed by atoms with Crippen LogP contribution >= 0.6 is 0 Å². The van der Waals surface area contributed by atoms with Gasteiger partial charge in [-0.15, -0.1) is 0 Å².